The highest BCUT2D eigenvalue weighted by Crippen LogP contribution is 2.38. The molecule has 0 bridgehead atoms. The van der Waals surface area contributed by atoms with Gasteiger partial charge in [-0.2, -0.15) is 0 Å². The van der Waals surface area contributed by atoms with Gasteiger partial charge in [-0.1, -0.05) is 15.9 Å². The zero-order valence-electron chi connectivity index (χ0n) is 9.80. The Labute approximate surface area is 118 Å². The molecule has 112 valence electrons. The van der Waals surface area contributed by atoms with Gasteiger partial charge in [0.15, 0.2) is 11.4 Å². The molecule has 0 spiro atoms. The Kier molecular flexibility index (Phi) is 5.26. The first kappa shape index (κ1) is 16.6. The second kappa shape index (κ2) is 6.33. The number of pyridine rings is 1. The van der Waals surface area contributed by atoms with Gasteiger partial charge in [-0.3, -0.25) is 0 Å². The highest BCUT2D eigenvalue weighted by molar-refractivity contribution is 9.08. The van der Waals surface area contributed by atoms with Crippen LogP contribution in [0.1, 0.15) is 28.0 Å². The molecule has 0 aliphatic carbocycles. The van der Waals surface area contributed by atoms with Crippen LogP contribution in [0.2, 0.25) is 0 Å². The summed E-state index contributed by atoms with van der Waals surface area (Å²) in [5, 5.41) is -0.185. The van der Waals surface area contributed by atoms with Crippen molar-refractivity contribution in [3.8, 4) is 5.75 Å². The van der Waals surface area contributed by atoms with Crippen LogP contribution in [0, 0.1) is 0 Å². The maximum atomic E-state index is 12.9. The molecular weight excluding hydrogens is 357 g/mol. The van der Waals surface area contributed by atoms with Crippen LogP contribution in [-0.2, 0) is 10.1 Å². The lowest BCUT2D eigenvalue weighted by Gasteiger charge is -2.17. The van der Waals surface area contributed by atoms with Gasteiger partial charge in [0.25, 0.3) is 6.43 Å². The predicted octanol–water partition coefficient (Wildman–Crippen LogP) is 3.60. The largest absolute Gasteiger partial charge is 0.573 e. The maximum Gasteiger partial charge on any atom is 0.573 e. The van der Waals surface area contributed by atoms with E-state index in [4.69, 9.17) is 0 Å². The summed E-state index contributed by atoms with van der Waals surface area (Å²) < 4.78 is 70.5. The summed E-state index contributed by atoms with van der Waals surface area (Å²) >= 11 is 2.84. The third kappa shape index (κ3) is 3.78. The number of halogens is 6. The van der Waals surface area contributed by atoms with E-state index >= 15 is 0 Å². The number of nitrogens with zero attached hydrogens (tertiary/aromatic N) is 1. The molecule has 0 aliphatic rings. The zero-order valence-corrected chi connectivity index (χ0v) is 11.4. The van der Waals surface area contributed by atoms with Gasteiger partial charge >= 0.3 is 12.3 Å². The molecule has 1 rings (SSSR count). The van der Waals surface area contributed by atoms with Crippen molar-refractivity contribution in [2.24, 2.45) is 0 Å². The van der Waals surface area contributed by atoms with Crippen molar-refractivity contribution >= 4 is 21.9 Å². The van der Waals surface area contributed by atoms with Crippen LogP contribution in [0.25, 0.3) is 0 Å². The molecule has 0 N–H and O–H groups in total. The number of hydrogen-bond donors (Lipinski definition) is 0. The van der Waals surface area contributed by atoms with Crippen molar-refractivity contribution in [2.45, 2.75) is 18.1 Å². The fourth-order valence-corrected chi connectivity index (χ4v) is 1.80. The minimum atomic E-state index is -5.25. The Morgan fingerprint density at radius 2 is 2.05 bits per heavy atom. The van der Waals surface area contributed by atoms with Crippen LogP contribution >= 0.6 is 15.9 Å². The molecule has 0 atom stereocenters. The molecule has 0 amide bonds. The molecule has 10 heteroatoms. The molecule has 20 heavy (non-hydrogen) atoms. The van der Waals surface area contributed by atoms with E-state index < -0.39 is 35.8 Å². The van der Waals surface area contributed by atoms with Crippen molar-refractivity contribution in [1.29, 1.82) is 0 Å². The quantitative estimate of drug-likeness (QED) is 0.466. The van der Waals surface area contributed by atoms with Crippen LogP contribution in [0.15, 0.2) is 6.20 Å². The zero-order chi connectivity index (χ0) is 15.5. The average Bonchev–Trinajstić information content (AvgIpc) is 2.34. The molecule has 0 saturated carbocycles. The van der Waals surface area contributed by atoms with Crippen LogP contribution < -0.4 is 4.74 Å². The first-order valence-corrected chi connectivity index (χ1v) is 6.03. The molecule has 1 aromatic heterocycles. The fourth-order valence-electron chi connectivity index (χ4n) is 1.35. The topological polar surface area (TPSA) is 48.4 Å². The van der Waals surface area contributed by atoms with Gasteiger partial charge in [0.2, 0.25) is 0 Å². The van der Waals surface area contributed by atoms with E-state index in [0.717, 1.165) is 13.3 Å². The second-order valence-electron chi connectivity index (χ2n) is 3.35. The number of rotatable bonds is 4. The highest BCUT2D eigenvalue weighted by Gasteiger charge is 2.37. The number of methoxy groups -OCH3 is 1. The molecular formula is C10H7BrF5NO3. The van der Waals surface area contributed by atoms with Crippen molar-refractivity contribution in [3.63, 3.8) is 0 Å². The molecule has 1 aromatic rings. The summed E-state index contributed by atoms with van der Waals surface area (Å²) in [5.74, 6) is -2.66. The standard InChI is InChI=1S/C10H7BrF5NO3/c1-19-9(18)6-7(20-10(14,15)16)5(8(12)13)4(2-11)3-17-6/h3,8H,2H2,1H3. The Hall–Kier alpha value is -1.45. The summed E-state index contributed by atoms with van der Waals surface area (Å²) in [4.78, 5) is 14.7. The third-order valence-electron chi connectivity index (χ3n) is 2.11. The summed E-state index contributed by atoms with van der Waals surface area (Å²) in [5.41, 5.74) is -2.26. The summed E-state index contributed by atoms with van der Waals surface area (Å²) in [7, 11) is 0.877. The maximum absolute atomic E-state index is 12.9. The minimum absolute atomic E-state index is 0.185. The van der Waals surface area contributed by atoms with Crippen molar-refractivity contribution in [3.05, 3.63) is 23.0 Å². The van der Waals surface area contributed by atoms with Crippen LogP contribution in [0.3, 0.4) is 0 Å². The summed E-state index contributed by atoms with van der Waals surface area (Å²) in [6, 6.07) is 0. The van der Waals surface area contributed by atoms with E-state index in [1.807, 2.05) is 0 Å². The van der Waals surface area contributed by atoms with Crippen LogP contribution in [-0.4, -0.2) is 24.4 Å². The van der Waals surface area contributed by atoms with Gasteiger partial charge in [-0.25, -0.2) is 18.6 Å². The molecule has 0 radical (unpaired) electrons. The molecule has 0 unspecified atom stereocenters. The molecule has 4 nitrogen and oxygen atoms in total. The number of alkyl halides is 6. The van der Waals surface area contributed by atoms with E-state index in [2.05, 4.69) is 30.4 Å². The number of esters is 1. The van der Waals surface area contributed by atoms with Gasteiger partial charge in [-0.15, -0.1) is 13.2 Å². The first-order valence-electron chi connectivity index (χ1n) is 4.91. The van der Waals surface area contributed by atoms with Gasteiger partial charge in [0.05, 0.1) is 12.7 Å². The van der Waals surface area contributed by atoms with E-state index in [1.54, 1.807) is 0 Å². The lowest BCUT2D eigenvalue weighted by atomic mass is 10.1. The molecule has 0 fully saturated rings. The lowest BCUT2D eigenvalue weighted by Crippen LogP contribution is -2.22. The number of ether oxygens (including phenoxy) is 2. The molecule has 0 aliphatic heterocycles. The third-order valence-corrected chi connectivity index (χ3v) is 2.72. The predicted molar refractivity (Wildman–Crippen MR) is 59.8 cm³/mol. The van der Waals surface area contributed by atoms with Crippen molar-refractivity contribution < 1.29 is 36.2 Å². The van der Waals surface area contributed by atoms with E-state index in [1.165, 1.54) is 0 Å². The lowest BCUT2D eigenvalue weighted by molar-refractivity contribution is -0.275. The Morgan fingerprint density at radius 1 is 1.45 bits per heavy atom. The first-order chi connectivity index (χ1) is 9.21. The van der Waals surface area contributed by atoms with Crippen molar-refractivity contribution in [2.75, 3.05) is 7.11 Å². The summed E-state index contributed by atoms with van der Waals surface area (Å²) in [6.07, 6.45) is -7.68. The Morgan fingerprint density at radius 3 is 2.45 bits per heavy atom. The Balaban J connectivity index is 3.54. The highest BCUT2D eigenvalue weighted by atomic mass is 79.9. The smallest absolute Gasteiger partial charge is 0.464 e. The number of hydrogen-bond acceptors (Lipinski definition) is 4. The SMILES string of the molecule is COC(=O)c1ncc(CBr)c(C(F)F)c1OC(F)(F)F. The molecule has 1 heterocycles. The van der Waals surface area contributed by atoms with E-state index in [0.29, 0.717) is 0 Å². The van der Waals surface area contributed by atoms with Gasteiger partial charge in [0, 0.05) is 11.5 Å². The average molecular weight is 364 g/mol. The van der Waals surface area contributed by atoms with Crippen LogP contribution in [0.4, 0.5) is 22.0 Å². The van der Waals surface area contributed by atoms with Crippen molar-refractivity contribution in [1.82, 2.24) is 4.98 Å². The van der Waals surface area contributed by atoms with E-state index in [-0.39, 0.29) is 10.9 Å². The number of aromatic nitrogens is 1. The monoisotopic (exact) mass is 363 g/mol. The minimum Gasteiger partial charge on any atom is -0.464 e. The molecule has 0 aromatic carbocycles. The van der Waals surface area contributed by atoms with Gasteiger partial charge in [0.1, 0.15) is 0 Å². The fraction of sp³-hybridized carbons (Fsp3) is 0.400. The Bertz CT molecular complexity index is 506. The van der Waals surface area contributed by atoms with Gasteiger partial charge < -0.3 is 9.47 Å². The number of carbonyl (C=O) groups excluding carboxylic acids is 1. The number of carbonyl (C=O) groups is 1. The van der Waals surface area contributed by atoms with E-state index in [9.17, 15) is 26.7 Å². The molecule has 0 saturated heterocycles. The second-order valence-corrected chi connectivity index (χ2v) is 3.91. The normalized spacial score (nSPS) is 11.6. The summed E-state index contributed by atoms with van der Waals surface area (Å²) in [6.45, 7) is 0. The van der Waals surface area contributed by atoms with Gasteiger partial charge in [-0.05, 0) is 5.56 Å². The van der Waals surface area contributed by atoms with Crippen LogP contribution in [0.5, 0.6) is 5.75 Å².